The van der Waals surface area contributed by atoms with E-state index in [1.165, 1.54) is 0 Å². The minimum atomic E-state index is -0.341. The second kappa shape index (κ2) is 6.01. The molecular formula is C19H15NO3. The molecule has 0 aliphatic carbocycles. The van der Waals surface area contributed by atoms with Gasteiger partial charge in [0.15, 0.2) is 0 Å². The number of hydrogen-bond acceptors (Lipinski definition) is 3. The molecule has 23 heavy (non-hydrogen) atoms. The van der Waals surface area contributed by atoms with Crippen LogP contribution in [0.1, 0.15) is 31.8 Å². The van der Waals surface area contributed by atoms with Gasteiger partial charge in [0, 0.05) is 18.4 Å². The molecule has 4 heteroatoms. The van der Waals surface area contributed by atoms with Crippen LogP contribution in [-0.2, 0) is 17.6 Å². The maximum atomic E-state index is 12.2. The molecule has 1 aliphatic heterocycles. The van der Waals surface area contributed by atoms with E-state index in [1.54, 1.807) is 18.2 Å². The van der Waals surface area contributed by atoms with Gasteiger partial charge in [-0.25, -0.2) is 0 Å². The highest BCUT2D eigenvalue weighted by Gasteiger charge is 2.26. The molecule has 0 aromatic heterocycles. The Morgan fingerprint density at radius 2 is 1.61 bits per heavy atom. The van der Waals surface area contributed by atoms with Gasteiger partial charge in [-0.15, -0.1) is 0 Å². The molecule has 1 amide bonds. The summed E-state index contributed by atoms with van der Waals surface area (Å²) in [7, 11) is 0. The second-order valence-corrected chi connectivity index (χ2v) is 5.52. The van der Waals surface area contributed by atoms with Crippen molar-refractivity contribution in [2.45, 2.75) is 12.8 Å². The fourth-order valence-electron chi connectivity index (χ4n) is 2.62. The zero-order chi connectivity index (χ0) is 16.4. The predicted molar refractivity (Wildman–Crippen MR) is 86.2 cm³/mol. The van der Waals surface area contributed by atoms with Crippen LogP contribution in [0.3, 0.4) is 0 Å². The van der Waals surface area contributed by atoms with E-state index in [-0.39, 0.29) is 29.6 Å². The summed E-state index contributed by atoms with van der Waals surface area (Å²) in [5.41, 5.74) is 2.38. The van der Waals surface area contributed by atoms with Crippen molar-refractivity contribution in [1.29, 1.82) is 0 Å². The van der Waals surface area contributed by atoms with Crippen LogP contribution in [0, 0.1) is 0 Å². The number of nitrogens with one attached hydrogen (secondary N) is 1. The van der Waals surface area contributed by atoms with Crippen LogP contribution in [0.4, 0.5) is 0 Å². The molecule has 1 aliphatic rings. The topological polar surface area (TPSA) is 63.2 Å². The van der Waals surface area contributed by atoms with Crippen LogP contribution >= 0.6 is 0 Å². The maximum Gasteiger partial charge on any atom is 0.256 e. The first-order chi connectivity index (χ1) is 11.0. The zero-order valence-corrected chi connectivity index (χ0v) is 12.5. The number of carbonyl (C=O) groups excluding carboxylic acids is 3. The van der Waals surface area contributed by atoms with Crippen LogP contribution < -0.4 is 5.32 Å². The number of benzene rings is 2. The number of carbonyl (C=O) groups is 3. The second-order valence-electron chi connectivity index (χ2n) is 5.52. The predicted octanol–water partition coefficient (Wildman–Crippen LogP) is 2.48. The normalized spacial score (nSPS) is 13.5. The molecule has 0 radical (unpaired) electrons. The molecule has 114 valence electrons. The van der Waals surface area contributed by atoms with E-state index in [1.807, 2.05) is 30.3 Å². The van der Waals surface area contributed by atoms with Crippen LogP contribution in [0.25, 0.3) is 0 Å². The van der Waals surface area contributed by atoms with E-state index in [9.17, 15) is 14.4 Å². The summed E-state index contributed by atoms with van der Waals surface area (Å²) in [6, 6.07) is 14.4. The molecule has 0 spiro atoms. The van der Waals surface area contributed by atoms with Crippen molar-refractivity contribution in [1.82, 2.24) is 5.32 Å². The molecule has 0 saturated heterocycles. The van der Waals surface area contributed by atoms with Gasteiger partial charge in [-0.2, -0.15) is 0 Å². The standard InChI is InChI=1S/C19H15NO3/c1-12-18(22)17-11-14(7-8-16(17)19(23)20-12)10-15(21)9-13-5-3-2-4-6-13/h2-8,11H,1,9-10H2,(H,20,23). The Balaban J connectivity index is 1.79. The Kier molecular flexibility index (Phi) is 3.89. The highest BCUT2D eigenvalue weighted by molar-refractivity contribution is 6.20. The fourth-order valence-corrected chi connectivity index (χ4v) is 2.62. The Morgan fingerprint density at radius 3 is 2.35 bits per heavy atom. The molecule has 0 saturated carbocycles. The number of Topliss-reactive ketones (excluding diaryl/α,β-unsaturated/α-hetero) is 2. The summed E-state index contributed by atoms with van der Waals surface area (Å²) in [4.78, 5) is 36.1. The van der Waals surface area contributed by atoms with Crippen molar-refractivity contribution in [3.8, 4) is 0 Å². The van der Waals surface area contributed by atoms with Crippen LogP contribution in [0.5, 0.6) is 0 Å². The van der Waals surface area contributed by atoms with E-state index in [0.29, 0.717) is 17.5 Å². The minimum absolute atomic E-state index is 0.0580. The van der Waals surface area contributed by atoms with E-state index in [4.69, 9.17) is 0 Å². The largest absolute Gasteiger partial charge is 0.319 e. The van der Waals surface area contributed by atoms with Gasteiger partial charge < -0.3 is 5.32 Å². The zero-order valence-electron chi connectivity index (χ0n) is 12.5. The molecule has 4 nitrogen and oxygen atoms in total. The van der Waals surface area contributed by atoms with Crippen molar-refractivity contribution in [3.05, 3.63) is 83.1 Å². The molecule has 2 aromatic carbocycles. The van der Waals surface area contributed by atoms with E-state index in [2.05, 4.69) is 11.9 Å². The number of hydrogen-bond donors (Lipinski definition) is 1. The third kappa shape index (κ3) is 3.11. The van der Waals surface area contributed by atoms with Crippen molar-refractivity contribution < 1.29 is 14.4 Å². The molecule has 0 fully saturated rings. The van der Waals surface area contributed by atoms with E-state index >= 15 is 0 Å². The van der Waals surface area contributed by atoms with Crippen LogP contribution in [-0.4, -0.2) is 17.5 Å². The lowest BCUT2D eigenvalue weighted by atomic mass is 9.93. The molecule has 1 heterocycles. The average Bonchev–Trinajstić information content (AvgIpc) is 2.53. The molecular weight excluding hydrogens is 290 g/mol. The average molecular weight is 305 g/mol. The van der Waals surface area contributed by atoms with Gasteiger partial charge >= 0.3 is 0 Å². The van der Waals surface area contributed by atoms with Crippen molar-refractivity contribution in [2.75, 3.05) is 0 Å². The summed E-state index contributed by atoms with van der Waals surface area (Å²) in [5, 5.41) is 2.43. The highest BCUT2D eigenvalue weighted by Crippen LogP contribution is 2.20. The molecule has 0 bridgehead atoms. The van der Waals surface area contributed by atoms with Crippen molar-refractivity contribution >= 4 is 17.5 Å². The summed E-state index contributed by atoms with van der Waals surface area (Å²) >= 11 is 0. The number of fused-ring (bicyclic) bond motifs is 1. The Bertz CT molecular complexity index is 822. The summed E-state index contributed by atoms with van der Waals surface area (Å²) in [6.07, 6.45) is 0.572. The third-order valence-corrected chi connectivity index (χ3v) is 3.76. The lowest BCUT2D eigenvalue weighted by Crippen LogP contribution is -2.34. The lowest BCUT2D eigenvalue weighted by Gasteiger charge is -2.17. The number of ketones is 2. The van der Waals surface area contributed by atoms with Crippen molar-refractivity contribution in [3.63, 3.8) is 0 Å². The highest BCUT2D eigenvalue weighted by atomic mass is 16.2. The maximum absolute atomic E-state index is 12.2. The van der Waals surface area contributed by atoms with E-state index in [0.717, 1.165) is 11.1 Å². The molecule has 0 unspecified atom stereocenters. The van der Waals surface area contributed by atoms with Gasteiger partial charge in [-0.3, -0.25) is 14.4 Å². The van der Waals surface area contributed by atoms with E-state index < -0.39 is 0 Å². The Labute approximate surface area is 133 Å². The minimum Gasteiger partial charge on any atom is -0.319 e. The Morgan fingerprint density at radius 1 is 0.913 bits per heavy atom. The summed E-state index contributed by atoms with van der Waals surface area (Å²) in [5.74, 6) is -0.591. The Hall–Kier alpha value is -3.01. The number of rotatable bonds is 4. The number of amides is 1. The monoisotopic (exact) mass is 305 g/mol. The van der Waals surface area contributed by atoms with Gasteiger partial charge in [0.1, 0.15) is 5.78 Å². The first-order valence-corrected chi connectivity index (χ1v) is 7.28. The fraction of sp³-hybridized carbons (Fsp3) is 0.105. The first-order valence-electron chi connectivity index (χ1n) is 7.28. The molecule has 1 N–H and O–H groups in total. The molecule has 3 rings (SSSR count). The summed E-state index contributed by atoms with van der Waals surface area (Å²) in [6.45, 7) is 3.54. The van der Waals surface area contributed by atoms with Gasteiger partial charge in [0.05, 0.1) is 11.3 Å². The lowest BCUT2D eigenvalue weighted by molar-refractivity contribution is -0.117. The van der Waals surface area contributed by atoms with Crippen LogP contribution in [0.2, 0.25) is 0 Å². The van der Waals surface area contributed by atoms with Crippen molar-refractivity contribution in [2.24, 2.45) is 0 Å². The number of allylic oxidation sites excluding steroid dienone is 1. The molecule has 0 atom stereocenters. The van der Waals surface area contributed by atoms with Crippen LogP contribution in [0.15, 0.2) is 60.8 Å². The third-order valence-electron chi connectivity index (χ3n) is 3.76. The van der Waals surface area contributed by atoms with Gasteiger partial charge in [-0.1, -0.05) is 43.0 Å². The van der Waals surface area contributed by atoms with Gasteiger partial charge in [-0.05, 0) is 23.3 Å². The summed E-state index contributed by atoms with van der Waals surface area (Å²) < 4.78 is 0. The molecule has 2 aromatic rings. The van der Waals surface area contributed by atoms with Gasteiger partial charge in [0.25, 0.3) is 5.91 Å². The van der Waals surface area contributed by atoms with Gasteiger partial charge in [0.2, 0.25) is 5.78 Å². The quantitative estimate of drug-likeness (QED) is 0.883. The first kappa shape index (κ1) is 14.9. The smallest absolute Gasteiger partial charge is 0.256 e. The SMILES string of the molecule is C=C1NC(=O)c2ccc(CC(=O)Cc3ccccc3)cc2C1=O.